The van der Waals surface area contributed by atoms with Crippen molar-refractivity contribution in [1.82, 2.24) is 19.7 Å². The van der Waals surface area contributed by atoms with Crippen LogP contribution in [0.1, 0.15) is 31.2 Å². The molecule has 0 aliphatic carbocycles. The maximum Gasteiger partial charge on any atom is 0.346 e. The molecule has 1 aromatic heterocycles. The fourth-order valence-electron chi connectivity index (χ4n) is 3.91. The number of nitrogens with one attached hydrogen (secondary N) is 1. The SMILES string of the molecule is CCn1c(CC2CCNCC2)nn(Cc2cccc(Oc3ccccc3)c2)c1=O. The Morgan fingerprint density at radius 2 is 1.83 bits per heavy atom. The number of rotatable bonds is 7. The van der Waals surface area contributed by atoms with Crippen LogP contribution in [0.4, 0.5) is 0 Å². The quantitative estimate of drug-likeness (QED) is 0.669. The van der Waals surface area contributed by atoms with Crippen molar-refractivity contribution in [2.75, 3.05) is 13.1 Å². The third kappa shape index (κ3) is 4.77. The molecule has 29 heavy (non-hydrogen) atoms. The normalized spacial score (nSPS) is 14.8. The average molecular weight is 393 g/mol. The first-order valence-electron chi connectivity index (χ1n) is 10.4. The zero-order valence-electron chi connectivity index (χ0n) is 16.9. The lowest BCUT2D eigenvalue weighted by Crippen LogP contribution is -2.30. The van der Waals surface area contributed by atoms with Gasteiger partial charge in [-0.05, 0) is 68.6 Å². The van der Waals surface area contributed by atoms with E-state index in [0.29, 0.717) is 19.0 Å². The Balaban J connectivity index is 1.51. The molecule has 0 unspecified atom stereocenters. The van der Waals surface area contributed by atoms with Gasteiger partial charge >= 0.3 is 5.69 Å². The maximum absolute atomic E-state index is 12.9. The van der Waals surface area contributed by atoms with E-state index in [1.165, 1.54) is 0 Å². The lowest BCUT2D eigenvalue weighted by molar-refractivity contribution is 0.362. The van der Waals surface area contributed by atoms with Gasteiger partial charge in [0.15, 0.2) is 0 Å². The van der Waals surface area contributed by atoms with Crippen molar-refractivity contribution in [1.29, 1.82) is 0 Å². The minimum Gasteiger partial charge on any atom is -0.457 e. The number of hydrogen-bond donors (Lipinski definition) is 1. The predicted molar refractivity (Wildman–Crippen MR) is 114 cm³/mol. The van der Waals surface area contributed by atoms with Crippen molar-refractivity contribution in [3.63, 3.8) is 0 Å². The van der Waals surface area contributed by atoms with Crippen molar-refractivity contribution in [2.24, 2.45) is 5.92 Å². The van der Waals surface area contributed by atoms with Crippen molar-refractivity contribution in [3.8, 4) is 11.5 Å². The van der Waals surface area contributed by atoms with E-state index in [9.17, 15) is 4.79 Å². The minimum absolute atomic E-state index is 0.0363. The van der Waals surface area contributed by atoms with Gasteiger partial charge in [-0.1, -0.05) is 30.3 Å². The van der Waals surface area contributed by atoms with E-state index >= 15 is 0 Å². The Morgan fingerprint density at radius 3 is 2.59 bits per heavy atom. The van der Waals surface area contributed by atoms with Crippen molar-refractivity contribution >= 4 is 0 Å². The Hall–Kier alpha value is -2.86. The van der Waals surface area contributed by atoms with Crippen LogP contribution in [0, 0.1) is 5.92 Å². The molecule has 1 aliphatic rings. The molecule has 152 valence electrons. The third-order valence-electron chi connectivity index (χ3n) is 5.46. The van der Waals surface area contributed by atoms with Gasteiger partial charge < -0.3 is 10.1 Å². The van der Waals surface area contributed by atoms with E-state index in [-0.39, 0.29) is 5.69 Å². The third-order valence-corrected chi connectivity index (χ3v) is 5.46. The van der Waals surface area contributed by atoms with Crippen LogP contribution in [0.25, 0.3) is 0 Å². The molecule has 0 bridgehead atoms. The maximum atomic E-state index is 12.9. The zero-order chi connectivity index (χ0) is 20.1. The monoisotopic (exact) mass is 392 g/mol. The van der Waals surface area contributed by atoms with Gasteiger partial charge in [0.1, 0.15) is 17.3 Å². The molecule has 0 radical (unpaired) electrons. The summed E-state index contributed by atoms with van der Waals surface area (Å²) in [5.74, 6) is 3.05. The zero-order valence-corrected chi connectivity index (χ0v) is 16.9. The Kier molecular flexibility index (Phi) is 6.10. The molecule has 0 amide bonds. The number of para-hydroxylation sites is 1. The highest BCUT2D eigenvalue weighted by atomic mass is 16.5. The Morgan fingerprint density at radius 1 is 1.07 bits per heavy atom. The molecule has 1 aliphatic heterocycles. The smallest absolute Gasteiger partial charge is 0.346 e. The summed E-state index contributed by atoms with van der Waals surface area (Å²) in [6.07, 6.45) is 3.15. The topological polar surface area (TPSA) is 61.1 Å². The van der Waals surface area contributed by atoms with Crippen LogP contribution < -0.4 is 15.7 Å². The van der Waals surface area contributed by atoms with Crippen LogP contribution >= 0.6 is 0 Å². The molecule has 6 nitrogen and oxygen atoms in total. The molecule has 0 spiro atoms. The van der Waals surface area contributed by atoms with Crippen LogP contribution in [0.5, 0.6) is 11.5 Å². The summed E-state index contributed by atoms with van der Waals surface area (Å²) in [5.41, 5.74) is 0.959. The highest BCUT2D eigenvalue weighted by molar-refractivity contribution is 5.33. The van der Waals surface area contributed by atoms with Crippen LogP contribution in [0.15, 0.2) is 59.4 Å². The molecule has 2 aromatic carbocycles. The van der Waals surface area contributed by atoms with Gasteiger partial charge in [0.25, 0.3) is 0 Å². The lowest BCUT2D eigenvalue weighted by atomic mass is 9.94. The molecule has 1 saturated heterocycles. The molecule has 4 rings (SSSR count). The molecule has 0 atom stereocenters. The molecule has 6 heteroatoms. The molecule has 2 heterocycles. The van der Waals surface area contributed by atoms with Gasteiger partial charge in [0.05, 0.1) is 6.54 Å². The number of aromatic nitrogens is 3. The summed E-state index contributed by atoms with van der Waals surface area (Å²) >= 11 is 0. The van der Waals surface area contributed by atoms with E-state index < -0.39 is 0 Å². The van der Waals surface area contributed by atoms with Gasteiger partial charge in [-0.3, -0.25) is 4.57 Å². The average Bonchev–Trinajstić information content (AvgIpc) is 3.03. The fraction of sp³-hybridized carbons (Fsp3) is 0.391. The standard InChI is InChI=1S/C23H28N4O2/c1-2-26-22(16-18-11-13-24-14-12-18)25-27(23(26)28)17-19-7-6-10-21(15-19)29-20-8-4-3-5-9-20/h3-10,15,18,24H,2,11-14,16-17H2,1H3. The van der Waals surface area contributed by atoms with Crippen LogP contribution in [0.3, 0.4) is 0 Å². The van der Waals surface area contributed by atoms with Crippen molar-refractivity contribution in [2.45, 2.75) is 39.3 Å². The molecule has 1 fully saturated rings. The van der Waals surface area contributed by atoms with E-state index in [1.807, 2.05) is 66.1 Å². The molecular formula is C23H28N4O2. The van der Waals surface area contributed by atoms with Gasteiger partial charge in [-0.15, -0.1) is 0 Å². The Labute approximate surface area is 171 Å². The van der Waals surface area contributed by atoms with Gasteiger partial charge in [0.2, 0.25) is 0 Å². The highest BCUT2D eigenvalue weighted by Crippen LogP contribution is 2.22. The van der Waals surface area contributed by atoms with Crippen molar-refractivity contribution in [3.05, 3.63) is 76.5 Å². The summed E-state index contributed by atoms with van der Waals surface area (Å²) in [4.78, 5) is 12.9. The van der Waals surface area contributed by atoms with Crippen molar-refractivity contribution < 1.29 is 4.74 Å². The summed E-state index contributed by atoms with van der Waals surface area (Å²) in [6.45, 7) is 5.20. The Bertz CT molecular complexity index is 988. The second-order valence-electron chi connectivity index (χ2n) is 7.56. The second-order valence-corrected chi connectivity index (χ2v) is 7.56. The van der Waals surface area contributed by atoms with Crippen LogP contribution in [-0.2, 0) is 19.5 Å². The van der Waals surface area contributed by atoms with E-state index in [4.69, 9.17) is 4.74 Å². The summed E-state index contributed by atoms with van der Waals surface area (Å²) in [5, 5.41) is 8.08. The largest absolute Gasteiger partial charge is 0.457 e. The molecule has 0 saturated carbocycles. The summed E-state index contributed by atoms with van der Waals surface area (Å²) < 4.78 is 9.32. The van der Waals surface area contributed by atoms with E-state index in [2.05, 4.69) is 10.4 Å². The lowest BCUT2D eigenvalue weighted by Gasteiger charge is -2.21. The number of nitrogens with zero attached hydrogens (tertiary/aromatic N) is 3. The van der Waals surface area contributed by atoms with Gasteiger partial charge in [0, 0.05) is 13.0 Å². The second kappa shape index (κ2) is 9.09. The molecule has 1 N–H and O–H groups in total. The number of ether oxygens (including phenoxy) is 1. The highest BCUT2D eigenvalue weighted by Gasteiger charge is 2.19. The number of hydrogen-bond acceptors (Lipinski definition) is 4. The molecular weight excluding hydrogens is 364 g/mol. The number of benzene rings is 2. The first kappa shape index (κ1) is 19.5. The summed E-state index contributed by atoms with van der Waals surface area (Å²) in [7, 11) is 0. The minimum atomic E-state index is -0.0363. The van der Waals surface area contributed by atoms with E-state index in [0.717, 1.165) is 55.2 Å². The van der Waals surface area contributed by atoms with Crippen LogP contribution in [-0.4, -0.2) is 27.4 Å². The van der Waals surface area contributed by atoms with Gasteiger partial charge in [-0.2, -0.15) is 5.10 Å². The number of piperidine rings is 1. The fourth-order valence-corrected chi connectivity index (χ4v) is 3.91. The summed E-state index contributed by atoms with van der Waals surface area (Å²) in [6, 6.07) is 17.5. The predicted octanol–water partition coefficient (Wildman–Crippen LogP) is 3.45. The van der Waals surface area contributed by atoms with Gasteiger partial charge in [-0.25, -0.2) is 9.48 Å². The molecule has 3 aromatic rings. The van der Waals surface area contributed by atoms with E-state index in [1.54, 1.807) is 4.68 Å². The first-order valence-corrected chi connectivity index (χ1v) is 10.4. The first-order chi connectivity index (χ1) is 14.2. The van der Waals surface area contributed by atoms with Crippen LogP contribution in [0.2, 0.25) is 0 Å².